The highest BCUT2D eigenvalue weighted by Crippen LogP contribution is 2.26. The van der Waals surface area contributed by atoms with Crippen molar-refractivity contribution in [2.24, 2.45) is 0 Å². The number of carbonyl (C=O) groups excluding carboxylic acids is 1. The number of anilines is 1. The summed E-state index contributed by atoms with van der Waals surface area (Å²) >= 11 is 0. The van der Waals surface area contributed by atoms with E-state index in [2.05, 4.69) is 25.8 Å². The number of H-pyrrole nitrogens is 1. The van der Waals surface area contributed by atoms with Crippen molar-refractivity contribution in [3.8, 4) is 5.88 Å². The number of benzene rings is 1. The number of aromatic nitrogens is 3. The number of aromatic hydroxyl groups is 1. The molecule has 0 aliphatic carbocycles. The molecule has 0 spiro atoms. The first-order valence-electron chi connectivity index (χ1n) is 7.88. The van der Waals surface area contributed by atoms with Crippen LogP contribution in [0.5, 0.6) is 5.88 Å². The van der Waals surface area contributed by atoms with Crippen LogP contribution in [0.4, 0.5) is 15.0 Å². The van der Waals surface area contributed by atoms with Gasteiger partial charge >= 0.3 is 6.03 Å². The normalized spacial score (nSPS) is 12.1. The van der Waals surface area contributed by atoms with Crippen LogP contribution in [0, 0.1) is 5.82 Å². The molecule has 2 heterocycles. The Bertz CT molecular complexity index is 925. The summed E-state index contributed by atoms with van der Waals surface area (Å²) in [6.45, 7) is 3.65. The first kappa shape index (κ1) is 16.7. The monoisotopic (exact) mass is 343 g/mol. The van der Waals surface area contributed by atoms with Gasteiger partial charge in [-0.2, -0.15) is 0 Å². The van der Waals surface area contributed by atoms with E-state index >= 15 is 0 Å². The molecule has 0 aliphatic rings. The number of aromatic amines is 1. The number of urea groups is 1. The lowest BCUT2D eigenvalue weighted by Crippen LogP contribution is -2.31. The second-order valence-corrected chi connectivity index (χ2v) is 5.65. The van der Waals surface area contributed by atoms with Gasteiger partial charge in [-0.25, -0.2) is 14.2 Å². The largest absolute Gasteiger partial charge is 0.492 e. The molecule has 8 heteroatoms. The average molecular weight is 343 g/mol. The molecule has 1 aromatic carbocycles. The first-order valence-corrected chi connectivity index (χ1v) is 7.88. The van der Waals surface area contributed by atoms with Crippen LogP contribution in [-0.4, -0.2) is 26.3 Å². The predicted molar refractivity (Wildman–Crippen MR) is 91.9 cm³/mol. The molecule has 0 unspecified atom stereocenters. The van der Waals surface area contributed by atoms with Gasteiger partial charge in [0.25, 0.3) is 0 Å². The number of nitrogens with zero attached hydrogens (tertiary/aromatic N) is 2. The maximum Gasteiger partial charge on any atom is 0.320 e. The Balaban J connectivity index is 1.75. The highest BCUT2D eigenvalue weighted by Gasteiger charge is 2.15. The zero-order valence-corrected chi connectivity index (χ0v) is 13.8. The quantitative estimate of drug-likeness (QED) is 0.584. The van der Waals surface area contributed by atoms with E-state index < -0.39 is 6.03 Å². The minimum atomic E-state index is -0.464. The Labute approximate surface area is 143 Å². The molecule has 0 saturated heterocycles. The van der Waals surface area contributed by atoms with Gasteiger partial charge in [-0.1, -0.05) is 19.1 Å². The third-order valence-electron chi connectivity index (χ3n) is 3.87. The van der Waals surface area contributed by atoms with E-state index in [1.165, 1.54) is 12.1 Å². The van der Waals surface area contributed by atoms with Gasteiger partial charge < -0.3 is 10.4 Å². The Morgan fingerprint density at radius 3 is 2.92 bits per heavy atom. The van der Waals surface area contributed by atoms with E-state index in [0.29, 0.717) is 34.4 Å². The maximum atomic E-state index is 13.3. The van der Waals surface area contributed by atoms with Crippen LogP contribution in [0.3, 0.4) is 0 Å². The molecular formula is C17H18FN5O2. The summed E-state index contributed by atoms with van der Waals surface area (Å²) in [4.78, 5) is 16.5. The number of rotatable bonds is 4. The summed E-state index contributed by atoms with van der Waals surface area (Å²) in [5, 5.41) is 22.1. The molecule has 130 valence electrons. The smallest absolute Gasteiger partial charge is 0.320 e. The van der Waals surface area contributed by atoms with Gasteiger partial charge in [0.05, 0.1) is 22.6 Å². The molecule has 3 aromatic rings. The van der Waals surface area contributed by atoms with Gasteiger partial charge in [0.15, 0.2) is 0 Å². The molecule has 0 saturated carbocycles. The number of hydrogen-bond acceptors (Lipinski definition) is 4. The number of carbonyl (C=O) groups is 1. The summed E-state index contributed by atoms with van der Waals surface area (Å²) in [5.41, 5.74) is 1.86. The van der Waals surface area contributed by atoms with Crippen LogP contribution in [0.15, 0.2) is 30.3 Å². The van der Waals surface area contributed by atoms with Gasteiger partial charge in [-0.15, -0.1) is 5.10 Å². The predicted octanol–water partition coefficient (Wildman–Crippen LogP) is 3.25. The molecule has 4 N–H and O–H groups in total. The van der Waals surface area contributed by atoms with Crippen molar-refractivity contribution in [3.05, 3.63) is 47.4 Å². The lowest BCUT2D eigenvalue weighted by Gasteiger charge is -2.15. The van der Waals surface area contributed by atoms with Crippen LogP contribution in [0.25, 0.3) is 10.9 Å². The van der Waals surface area contributed by atoms with Crippen molar-refractivity contribution in [1.29, 1.82) is 0 Å². The molecule has 3 rings (SSSR count). The van der Waals surface area contributed by atoms with Crippen molar-refractivity contribution in [1.82, 2.24) is 20.5 Å². The molecular weight excluding hydrogens is 325 g/mol. The van der Waals surface area contributed by atoms with Crippen molar-refractivity contribution in [3.63, 3.8) is 0 Å². The second-order valence-electron chi connectivity index (χ2n) is 5.65. The number of amides is 2. The van der Waals surface area contributed by atoms with E-state index in [9.17, 15) is 14.3 Å². The number of pyridine rings is 1. The zero-order chi connectivity index (χ0) is 18.0. The lowest BCUT2D eigenvalue weighted by atomic mass is 10.1. The van der Waals surface area contributed by atoms with E-state index in [-0.39, 0.29) is 17.7 Å². The summed E-state index contributed by atoms with van der Waals surface area (Å²) in [7, 11) is 0. The molecule has 0 aliphatic heterocycles. The van der Waals surface area contributed by atoms with Crippen molar-refractivity contribution in [2.75, 3.05) is 5.32 Å². The third kappa shape index (κ3) is 3.52. The molecule has 2 amide bonds. The summed E-state index contributed by atoms with van der Waals surface area (Å²) in [5.74, 6) is -0.141. The van der Waals surface area contributed by atoms with Crippen molar-refractivity contribution in [2.45, 2.75) is 26.3 Å². The summed E-state index contributed by atoms with van der Waals surface area (Å²) in [6, 6.07) is 6.80. The van der Waals surface area contributed by atoms with Crippen molar-refractivity contribution >= 4 is 22.8 Å². The highest BCUT2D eigenvalue weighted by molar-refractivity contribution is 5.93. The molecule has 0 fully saturated rings. The molecule has 0 bridgehead atoms. The Hall–Kier alpha value is -3.16. The van der Waals surface area contributed by atoms with Gasteiger partial charge in [0.1, 0.15) is 11.6 Å². The second kappa shape index (κ2) is 6.76. The number of aryl methyl sites for hydroxylation is 1. The fourth-order valence-electron chi connectivity index (χ4n) is 2.63. The van der Waals surface area contributed by atoms with E-state index in [0.717, 1.165) is 0 Å². The van der Waals surface area contributed by atoms with Gasteiger partial charge in [0, 0.05) is 6.07 Å². The average Bonchev–Trinajstić information content (AvgIpc) is 2.95. The summed E-state index contributed by atoms with van der Waals surface area (Å²) < 4.78 is 13.3. The lowest BCUT2D eigenvalue weighted by molar-refractivity contribution is 0.249. The third-order valence-corrected chi connectivity index (χ3v) is 3.87. The molecule has 0 radical (unpaired) electrons. The van der Waals surface area contributed by atoms with Crippen LogP contribution >= 0.6 is 0 Å². The minimum absolute atomic E-state index is 0.116. The standard InChI is InChI=1S/C17H18FN5O2/c1-3-12-15-13(22-23-16(15)24)8-14(20-12)21-17(25)19-9(2)10-5-4-6-11(18)7-10/h4-9H,3H2,1-2H3,(H2,22,23,24)(H2,19,20,21,25)/t9-/m1/s1. The van der Waals surface area contributed by atoms with Crippen LogP contribution in [0.2, 0.25) is 0 Å². The Kier molecular flexibility index (Phi) is 4.51. The molecule has 7 nitrogen and oxygen atoms in total. The Morgan fingerprint density at radius 2 is 2.20 bits per heavy atom. The number of halogens is 1. The number of nitrogens with one attached hydrogen (secondary N) is 3. The minimum Gasteiger partial charge on any atom is -0.492 e. The fraction of sp³-hybridized carbons (Fsp3) is 0.235. The molecule has 25 heavy (non-hydrogen) atoms. The van der Waals surface area contributed by atoms with Gasteiger partial charge in [-0.3, -0.25) is 10.4 Å². The van der Waals surface area contributed by atoms with Crippen molar-refractivity contribution < 1.29 is 14.3 Å². The topological polar surface area (TPSA) is 103 Å². The number of hydrogen-bond donors (Lipinski definition) is 4. The van der Waals surface area contributed by atoms with Crippen LogP contribution in [-0.2, 0) is 6.42 Å². The molecule has 1 atom stereocenters. The zero-order valence-electron chi connectivity index (χ0n) is 13.8. The van der Waals surface area contributed by atoms with E-state index in [1.807, 2.05) is 6.92 Å². The SMILES string of the molecule is CCc1nc(NC(=O)N[C@H](C)c2cccc(F)c2)cc2[nH]nc(O)c12. The van der Waals surface area contributed by atoms with E-state index in [1.54, 1.807) is 25.1 Å². The fourth-order valence-corrected chi connectivity index (χ4v) is 2.63. The highest BCUT2D eigenvalue weighted by atomic mass is 19.1. The number of fused-ring (bicyclic) bond motifs is 1. The van der Waals surface area contributed by atoms with E-state index in [4.69, 9.17) is 0 Å². The van der Waals surface area contributed by atoms with Crippen LogP contribution in [0.1, 0.15) is 31.1 Å². The maximum absolute atomic E-state index is 13.3. The van der Waals surface area contributed by atoms with Crippen LogP contribution < -0.4 is 10.6 Å². The van der Waals surface area contributed by atoms with Gasteiger partial charge in [0.2, 0.25) is 5.88 Å². The summed E-state index contributed by atoms with van der Waals surface area (Å²) in [6.07, 6.45) is 0.570. The Morgan fingerprint density at radius 1 is 1.40 bits per heavy atom. The first-order chi connectivity index (χ1) is 12.0. The van der Waals surface area contributed by atoms with Gasteiger partial charge in [-0.05, 0) is 31.0 Å². The molecule has 2 aromatic heterocycles.